The Balaban J connectivity index is 1.86. The van der Waals surface area contributed by atoms with Gasteiger partial charge in [-0.25, -0.2) is 4.99 Å². The average Bonchev–Trinajstić information content (AvgIpc) is 3.23. The molecule has 0 radical (unpaired) electrons. The molecule has 0 aliphatic heterocycles. The van der Waals surface area contributed by atoms with Gasteiger partial charge in [0, 0.05) is 33.6 Å². The topological polar surface area (TPSA) is 79.1 Å². The highest BCUT2D eigenvalue weighted by Gasteiger charge is 2.08. The SMILES string of the molecule is COc1ccc(CC(C)CNC(=NCC(=O)N(C)C)NCCc2ccco2)cc1. The summed E-state index contributed by atoms with van der Waals surface area (Å²) in [5.41, 5.74) is 1.26. The first kappa shape index (κ1) is 22.3. The highest BCUT2D eigenvalue weighted by Crippen LogP contribution is 2.14. The number of rotatable bonds is 10. The Bertz CT molecular complexity index is 755. The minimum absolute atomic E-state index is 0.0385. The second-order valence-corrected chi connectivity index (χ2v) is 7.25. The van der Waals surface area contributed by atoms with Gasteiger partial charge in [-0.1, -0.05) is 19.1 Å². The molecule has 0 aliphatic rings. The van der Waals surface area contributed by atoms with Crippen molar-refractivity contribution >= 4 is 11.9 Å². The van der Waals surface area contributed by atoms with Gasteiger partial charge in [0.2, 0.25) is 5.91 Å². The first-order chi connectivity index (χ1) is 14.0. The highest BCUT2D eigenvalue weighted by molar-refractivity contribution is 5.84. The van der Waals surface area contributed by atoms with Crippen molar-refractivity contribution in [1.82, 2.24) is 15.5 Å². The van der Waals surface area contributed by atoms with Gasteiger partial charge in [0.25, 0.3) is 0 Å². The Kier molecular flexibility index (Phi) is 9.08. The molecule has 0 aliphatic carbocycles. The number of furan rings is 1. The Morgan fingerprint density at radius 1 is 1.21 bits per heavy atom. The van der Waals surface area contributed by atoms with Gasteiger partial charge in [0.05, 0.1) is 13.4 Å². The number of methoxy groups -OCH3 is 1. The lowest BCUT2D eigenvalue weighted by atomic mass is 10.0. The minimum atomic E-state index is -0.0385. The van der Waals surface area contributed by atoms with Gasteiger partial charge in [-0.2, -0.15) is 0 Å². The predicted molar refractivity (Wildman–Crippen MR) is 115 cm³/mol. The second-order valence-electron chi connectivity index (χ2n) is 7.25. The summed E-state index contributed by atoms with van der Waals surface area (Å²) in [5, 5.41) is 6.63. The number of ether oxygens (including phenoxy) is 1. The fourth-order valence-corrected chi connectivity index (χ4v) is 2.73. The highest BCUT2D eigenvalue weighted by atomic mass is 16.5. The molecule has 29 heavy (non-hydrogen) atoms. The molecule has 7 nitrogen and oxygen atoms in total. The zero-order valence-electron chi connectivity index (χ0n) is 17.8. The van der Waals surface area contributed by atoms with Crippen molar-refractivity contribution in [2.45, 2.75) is 19.8 Å². The van der Waals surface area contributed by atoms with Crippen LogP contribution in [0.5, 0.6) is 5.75 Å². The molecule has 1 aromatic carbocycles. The van der Waals surface area contributed by atoms with E-state index in [0.29, 0.717) is 18.4 Å². The van der Waals surface area contributed by atoms with E-state index in [2.05, 4.69) is 34.7 Å². The molecule has 158 valence electrons. The number of aliphatic imine (C=N–C) groups is 1. The standard InChI is InChI=1S/C22H32N4O3/c1-17(14-18-7-9-19(28-4)10-8-18)15-24-22(25-16-21(27)26(2)3)23-12-11-20-6-5-13-29-20/h5-10,13,17H,11-12,14-16H2,1-4H3,(H2,23,24,25). The molecule has 1 amide bonds. The molecule has 0 saturated carbocycles. The molecule has 1 unspecified atom stereocenters. The molecule has 2 aromatic rings. The summed E-state index contributed by atoms with van der Waals surface area (Å²) in [7, 11) is 5.13. The molecule has 0 bridgehead atoms. The van der Waals surface area contributed by atoms with Crippen LogP contribution in [0, 0.1) is 5.92 Å². The molecule has 2 N–H and O–H groups in total. The van der Waals surface area contributed by atoms with Gasteiger partial charge in [0.15, 0.2) is 5.96 Å². The largest absolute Gasteiger partial charge is 0.497 e. The van der Waals surface area contributed by atoms with Gasteiger partial charge < -0.3 is 24.7 Å². The Hall–Kier alpha value is -2.96. The van der Waals surface area contributed by atoms with Crippen molar-refractivity contribution in [1.29, 1.82) is 0 Å². The third-order valence-corrected chi connectivity index (χ3v) is 4.48. The second kappa shape index (κ2) is 11.8. The maximum Gasteiger partial charge on any atom is 0.243 e. The van der Waals surface area contributed by atoms with Crippen LogP contribution in [0.3, 0.4) is 0 Å². The summed E-state index contributed by atoms with van der Waals surface area (Å²) in [4.78, 5) is 17.8. The third-order valence-electron chi connectivity index (χ3n) is 4.48. The van der Waals surface area contributed by atoms with Crippen LogP contribution in [0.1, 0.15) is 18.2 Å². The molecular formula is C22H32N4O3. The number of hydrogen-bond acceptors (Lipinski definition) is 4. The first-order valence-electron chi connectivity index (χ1n) is 9.85. The van der Waals surface area contributed by atoms with Crippen LogP contribution in [-0.4, -0.2) is 57.6 Å². The third kappa shape index (κ3) is 8.29. The Morgan fingerprint density at radius 2 is 1.97 bits per heavy atom. The molecule has 0 fully saturated rings. The van der Waals surface area contributed by atoms with Crippen LogP contribution < -0.4 is 15.4 Å². The van der Waals surface area contributed by atoms with E-state index in [9.17, 15) is 4.79 Å². The lowest BCUT2D eigenvalue weighted by Crippen LogP contribution is -2.41. The number of guanidine groups is 1. The van der Waals surface area contributed by atoms with Crippen molar-refractivity contribution in [3.05, 3.63) is 54.0 Å². The van der Waals surface area contributed by atoms with Crippen LogP contribution in [0.4, 0.5) is 0 Å². The monoisotopic (exact) mass is 400 g/mol. The molecule has 1 aromatic heterocycles. The smallest absolute Gasteiger partial charge is 0.243 e. The Labute approximate surface area is 173 Å². The molecule has 1 atom stereocenters. The van der Waals surface area contributed by atoms with E-state index in [-0.39, 0.29) is 12.5 Å². The van der Waals surface area contributed by atoms with E-state index in [1.54, 1.807) is 27.5 Å². The van der Waals surface area contributed by atoms with Gasteiger partial charge in [0.1, 0.15) is 18.1 Å². The number of carbonyl (C=O) groups is 1. The summed E-state index contributed by atoms with van der Waals surface area (Å²) in [6, 6.07) is 11.9. The Morgan fingerprint density at radius 3 is 2.59 bits per heavy atom. The van der Waals surface area contributed by atoms with E-state index in [1.807, 2.05) is 24.3 Å². The van der Waals surface area contributed by atoms with Crippen LogP contribution in [0.2, 0.25) is 0 Å². The number of nitrogens with one attached hydrogen (secondary N) is 2. The van der Waals surface area contributed by atoms with Gasteiger partial charge in [-0.05, 0) is 42.2 Å². The molecular weight excluding hydrogens is 368 g/mol. The number of likely N-dealkylation sites (N-methyl/N-ethyl adjacent to an activating group) is 1. The van der Waals surface area contributed by atoms with Crippen LogP contribution in [0.15, 0.2) is 52.1 Å². The van der Waals surface area contributed by atoms with Crippen LogP contribution in [-0.2, 0) is 17.6 Å². The van der Waals surface area contributed by atoms with E-state index >= 15 is 0 Å². The van der Waals surface area contributed by atoms with Gasteiger partial charge in [-0.3, -0.25) is 4.79 Å². The molecule has 7 heteroatoms. The van der Waals surface area contributed by atoms with Crippen molar-refractivity contribution in [3.63, 3.8) is 0 Å². The quantitative estimate of drug-likeness (QED) is 0.473. The van der Waals surface area contributed by atoms with E-state index in [1.165, 1.54) is 10.5 Å². The maximum absolute atomic E-state index is 11.9. The molecule has 1 heterocycles. The summed E-state index contributed by atoms with van der Waals surface area (Å²) in [6.07, 6.45) is 3.35. The van der Waals surface area contributed by atoms with Crippen molar-refractivity contribution in [2.24, 2.45) is 10.9 Å². The van der Waals surface area contributed by atoms with Crippen molar-refractivity contribution < 1.29 is 13.9 Å². The number of carbonyl (C=O) groups excluding carboxylic acids is 1. The molecule has 0 spiro atoms. The summed E-state index contributed by atoms with van der Waals surface area (Å²) in [5.74, 6) is 2.76. The predicted octanol–water partition coefficient (Wildman–Crippen LogP) is 2.33. The number of nitrogens with zero attached hydrogens (tertiary/aromatic N) is 2. The zero-order chi connectivity index (χ0) is 21.1. The first-order valence-corrected chi connectivity index (χ1v) is 9.85. The van der Waals surface area contributed by atoms with Crippen molar-refractivity contribution in [2.75, 3.05) is 40.8 Å². The lowest BCUT2D eigenvalue weighted by Gasteiger charge is -2.17. The van der Waals surface area contributed by atoms with E-state index in [4.69, 9.17) is 9.15 Å². The van der Waals surface area contributed by atoms with Crippen molar-refractivity contribution in [3.8, 4) is 5.75 Å². The zero-order valence-corrected chi connectivity index (χ0v) is 17.8. The fraction of sp³-hybridized carbons (Fsp3) is 0.455. The summed E-state index contributed by atoms with van der Waals surface area (Å²) < 4.78 is 10.6. The van der Waals surface area contributed by atoms with Crippen LogP contribution in [0.25, 0.3) is 0 Å². The summed E-state index contributed by atoms with van der Waals surface area (Å²) >= 11 is 0. The number of benzene rings is 1. The normalized spacial score (nSPS) is 12.3. The molecule has 2 rings (SSSR count). The maximum atomic E-state index is 11.9. The average molecular weight is 401 g/mol. The van der Waals surface area contributed by atoms with E-state index < -0.39 is 0 Å². The van der Waals surface area contributed by atoms with Crippen LogP contribution >= 0.6 is 0 Å². The number of hydrogen-bond donors (Lipinski definition) is 2. The number of amides is 1. The molecule has 0 saturated heterocycles. The van der Waals surface area contributed by atoms with Gasteiger partial charge in [-0.15, -0.1) is 0 Å². The van der Waals surface area contributed by atoms with Gasteiger partial charge >= 0.3 is 0 Å². The minimum Gasteiger partial charge on any atom is -0.497 e. The lowest BCUT2D eigenvalue weighted by molar-refractivity contribution is -0.127. The fourth-order valence-electron chi connectivity index (χ4n) is 2.73. The van der Waals surface area contributed by atoms with E-state index in [0.717, 1.165) is 30.9 Å². The summed E-state index contributed by atoms with van der Waals surface area (Å²) in [6.45, 7) is 3.70.